The van der Waals surface area contributed by atoms with Gasteiger partial charge in [-0.2, -0.15) is 0 Å². The van der Waals surface area contributed by atoms with E-state index in [1.165, 1.54) is 4.82 Å². The van der Waals surface area contributed by atoms with Gasteiger partial charge in [0.05, 0.1) is 16.1 Å². The van der Waals surface area contributed by atoms with E-state index in [4.69, 9.17) is 0 Å². The Morgan fingerprint density at radius 1 is 0.917 bits per heavy atom. The number of rotatable bonds is 3. The molecule has 0 radical (unpaired) electrons. The quantitative estimate of drug-likeness (QED) is 0.389. The standard InChI is InChI=1S/C9H20OSi2/c1-11(2,3)9(7-8-10)12(4,5)6/h7-8H,1-6H3. The van der Waals surface area contributed by atoms with Crippen molar-refractivity contribution in [2.45, 2.75) is 39.3 Å². The van der Waals surface area contributed by atoms with Crippen LogP contribution >= 0.6 is 0 Å². The Kier molecular flexibility index (Phi) is 3.66. The van der Waals surface area contributed by atoms with Gasteiger partial charge < -0.3 is 0 Å². The molecular weight excluding hydrogens is 180 g/mol. The number of hydrogen-bond acceptors (Lipinski definition) is 1. The highest BCUT2D eigenvalue weighted by atomic mass is 28.4. The fourth-order valence-electron chi connectivity index (χ4n) is 1.69. The van der Waals surface area contributed by atoms with Crippen molar-refractivity contribution in [1.29, 1.82) is 0 Å². The molecule has 0 spiro atoms. The van der Waals surface area contributed by atoms with Crippen LogP contribution < -0.4 is 0 Å². The second-order valence-electron chi connectivity index (χ2n) is 5.22. The van der Waals surface area contributed by atoms with Gasteiger partial charge in [0, 0.05) is 0 Å². The van der Waals surface area contributed by atoms with Crippen LogP contribution in [0.1, 0.15) is 0 Å². The summed E-state index contributed by atoms with van der Waals surface area (Å²) in [6.45, 7) is 13.8. The zero-order chi connectivity index (χ0) is 9.99. The normalized spacial score (nSPS) is 12.5. The molecule has 0 rings (SSSR count). The van der Waals surface area contributed by atoms with E-state index in [9.17, 15) is 4.79 Å². The zero-order valence-electron chi connectivity index (χ0n) is 9.06. The van der Waals surface area contributed by atoms with Crippen LogP contribution in [-0.2, 0) is 4.79 Å². The molecule has 3 heteroatoms. The maximum atomic E-state index is 10.5. The third-order valence-electron chi connectivity index (χ3n) is 1.85. The number of allylic oxidation sites excluding steroid dienone is 1. The molecule has 0 saturated carbocycles. The highest BCUT2D eigenvalue weighted by Gasteiger charge is 2.30. The van der Waals surface area contributed by atoms with Gasteiger partial charge in [-0.3, -0.25) is 4.79 Å². The minimum atomic E-state index is -1.25. The molecule has 0 N–H and O–H groups in total. The molecular formula is C9H20OSi2. The van der Waals surface area contributed by atoms with Gasteiger partial charge in [-0.25, -0.2) is 0 Å². The Balaban J connectivity index is 4.95. The molecule has 0 aromatic rings. The first-order valence-electron chi connectivity index (χ1n) is 4.36. The Hall–Kier alpha value is -0.156. The van der Waals surface area contributed by atoms with Gasteiger partial charge in [0.15, 0.2) is 0 Å². The first kappa shape index (κ1) is 11.8. The molecule has 0 bridgehead atoms. The SMILES string of the molecule is C[Si](C)(C)C(=CC=O)[Si](C)(C)C. The minimum Gasteiger partial charge on any atom is -0.299 e. The van der Waals surface area contributed by atoms with E-state index in [-0.39, 0.29) is 0 Å². The molecule has 0 aromatic heterocycles. The highest BCUT2D eigenvalue weighted by Crippen LogP contribution is 2.24. The molecule has 0 unspecified atom stereocenters. The van der Waals surface area contributed by atoms with E-state index in [1.54, 1.807) is 0 Å². The lowest BCUT2D eigenvalue weighted by atomic mass is 10.7. The molecule has 1 nitrogen and oxygen atoms in total. The molecule has 0 heterocycles. The molecule has 0 amide bonds. The van der Waals surface area contributed by atoms with Crippen molar-refractivity contribution >= 4 is 22.4 Å². The fraction of sp³-hybridized carbons (Fsp3) is 0.667. The lowest BCUT2D eigenvalue weighted by Gasteiger charge is -2.30. The van der Waals surface area contributed by atoms with Crippen LogP contribution in [0.25, 0.3) is 0 Å². The van der Waals surface area contributed by atoms with E-state index < -0.39 is 16.1 Å². The molecule has 12 heavy (non-hydrogen) atoms. The smallest absolute Gasteiger partial charge is 0.142 e. The molecule has 0 aliphatic heterocycles. The highest BCUT2D eigenvalue weighted by molar-refractivity contribution is 7.04. The molecule has 0 aromatic carbocycles. The monoisotopic (exact) mass is 200 g/mol. The van der Waals surface area contributed by atoms with Crippen LogP contribution in [0.3, 0.4) is 0 Å². The van der Waals surface area contributed by atoms with E-state index in [0.29, 0.717) is 0 Å². The van der Waals surface area contributed by atoms with Crippen LogP contribution in [-0.4, -0.2) is 22.4 Å². The fourth-order valence-corrected chi connectivity index (χ4v) is 11.8. The number of carbonyl (C=O) groups excluding carboxylic acids is 1. The summed E-state index contributed by atoms with van der Waals surface area (Å²) >= 11 is 0. The van der Waals surface area contributed by atoms with Crippen molar-refractivity contribution in [3.05, 3.63) is 10.9 Å². The second-order valence-corrected chi connectivity index (χ2v) is 15.8. The van der Waals surface area contributed by atoms with Crippen LogP contribution in [0, 0.1) is 0 Å². The van der Waals surface area contributed by atoms with Gasteiger partial charge in [-0.15, -0.1) is 0 Å². The molecule has 0 fully saturated rings. The molecule has 70 valence electrons. The summed E-state index contributed by atoms with van der Waals surface area (Å²) in [6.07, 6.45) is 2.77. The summed E-state index contributed by atoms with van der Waals surface area (Å²) in [5, 5.41) is 0. The predicted octanol–water partition coefficient (Wildman–Crippen LogP) is 2.87. The Morgan fingerprint density at radius 2 is 1.25 bits per heavy atom. The Labute approximate surface area is 77.9 Å². The van der Waals surface area contributed by atoms with E-state index >= 15 is 0 Å². The lowest BCUT2D eigenvalue weighted by Crippen LogP contribution is -2.40. The summed E-state index contributed by atoms with van der Waals surface area (Å²) in [5.74, 6) is 0. The van der Waals surface area contributed by atoms with Crippen LogP contribution in [0.5, 0.6) is 0 Å². The Morgan fingerprint density at radius 3 is 1.33 bits per heavy atom. The second kappa shape index (κ2) is 3.70. The zero-order valence-corrected chi connectivity index (χ0v) is 11.1. The maximum Gasteiger partial charge on any atom is 0.142 e. The average molecular weight is 200 g/mol. The molecule has 0 aliphatic rings. The van der Waals surface area contributed by atoms with E-state index in [1.807, 2.05) is 6.08 Å². The molecule has 0 saturated heterocycles. The van der Waals surface area contributed by atoms with Gasteiger partial charge >= 0.3 is 0 Å². The first-order valence-corrected chi connectivity index (χ1v) is 11.4. The topological polar surface area (TPSA) is 17.1 Å². The number of hydrogen-bond donors (Lipinski definition) is 0. The first-order chi connectivity index (χ1) is 5.19. The van der Waals surface area contributed by atoms with Gasteiger partial charge in [-0.1, -0.05) is 44.1 Å². The summed E-state index contributed by atoms with van der Waals surface area (Å²) in [5.41, 5.74) is 0. The van der Waals surface area contributed by atoms with Crippen molar-refractivity contribution in [2.75, 3.05) is 0 Å². The largest absolute Gasteiger partial charge is 0.299 e. The van der Waals surface area contributed by atoms with Crippen LogP contribution in [0.4, 0.5) is 0 Å². The van der Waals surface area contributed by atoms with Crippen molar-refractivity contribution in [3.63, 3.8) is 0 Å². The molecule has 0 atom stereocenters. The van der Waals surface area contributed by atoms with Gasteiger partial charge in [-0.05, 0) is 6.08 Å². The van der Waals surface area contributed by atoms with E-state index in [0.717, 1.165) is 6.29 Å². The predicted molar refractivity (Wildman–Crippen MR) is 60.8 cm³/mol. The third kappa shape index (κ3) is 3.49. The van der Waals surface area contributed by atoms with Crippen molar-refractivity contribution in [2.24, 2.45) is 0 Å². The third-order valence-corrected chi connectivity index (χ3v) is 9.92. The van der Waals surface area contributed by atoms with Gasteiger partial charge in [0.1, 0.15) is 6.29 Å². The lowest BCUT2D eigenvalue weighted by molar-refractivity contribution is -0.104. The van der Waals surface area contributed by atoms with E-state index in [2.05, 4.69) is 39.3 Å². The van der Waals surface area contributed by atoms with Crippen LogP contribution in [0.15, 0.2) is 10.9 Å². The molecule has 0 aliphatic carbocycles. The summed E-state index contributed by atoms with van der Waals surface area (Å²) in [6, 6.07) is 0. The summed E-state index contributed by atoms with van der Waals surface area (Å²) in [7, 11) is -2.50. The van der Waals surface area contributed by atoms with Gasteiger partial charge in [0.25, 0.3) is 0 Å². The van der Waals surface area contributed by atoms with Gasteiger partial charge in [0.2, 0.25) is 0 Å². The maximum absolute atomic E-state index is 10.5. The van der Waals surface area contributed by atoms with Crippen LogP contribution in [0.2, 0.25) is 39.3 Å². The minimum absolute atomic E-state index is 0.950. The number of aldehydes is 1. The number of carbonyl (C=O) groups is 1. The summed E-state index contributed by atoms with van der Waals surface area (Å²) in [4.78, 5) is 12.0. The van der Waals surface area contributed by atoms with Crippen molar-refractivity contribution in [3.8, 4) is 0 Å². The average Bonchev–Trinajstić information content (AvgIpc) is 1.77. The van der Waals surface area contributed by atoms with Crippen molar-refractivity contribution < 1.29 is 4.79 Å². The Bertz CT molecular complexity index is 178. The van der Waals surface area contributed by atoms with Crippen molar-refractivity contribution in [1.82, 2.24) is 0 Å². The summed E-state index contributed by atoms with van der Waals surface area (Å²) < 4.78 is 0.